The molecule has 0 radical (unpaired) electrons. The van der Waals surface area contributed by atoms with E-state index < -0.39 is 6.04 Å². The Morgan fingerprint density at radius 3 is 2.38 bits per heavy atom. The third-order valence-corrected chi connectivity index (χ3v) is 7.14. The maximum absolute atomic E-state index is 13.8. The fourth-order valence-corrected chi connectivity index (χ4v) is 5.08. The topological polar surface area (TPSA) is 58.6 Å². The van der Waals surface area contributed by atoms with E-state index in [4.69, 9.17) is 16.3 Å². The number of carbonyl (C=O) groups excluding carboxylic acids is 2. The molecule has 0 unspecified atom stereocenters. The molecule has 0 heterocycles. The number of nitrogens with one attached hydrogen (secondary N) is 1. The Hall–Kier alpha value is -3.31. The lowest BCUT2D eigenvalue weighted by atomic mass is 9.94. The van der Waals surface area contributed by atoms with Gasteiger partial charge in [-0.3, -0.25) is 9.59 Å². The third-order valence-electron chi connectivity index (χ3n) is 6.91. The summed E-state index contributed by atoms with van der Waals surface area (Å²) < 4.78 is 5.92. The van der Waals surface area contributed by atoms with Crippen LogP contribution in [-0.2, 0) is 22.6 Å². The van der Waals surface area contributed by atoms with E-state index in [2.05, 4.69) is 5.32 Å². The summed E-state index contributed by atoms with van der Waals surface area (Å²) in [6, 6.07) is 24.3. The summed E-state index contributed by atoms with van der Waals surface area (Å²) in [6.07, 6.45) is 5.80. The van der Waals surface area contributed by atoms with Crippen LogP contribution in [0.25, 0.3) is 0 Å². The lowest BCUT2D eigenvalue weighted by molar-refractivity contribution is -0.143. The van der Waals surface area contributed by atoms with Gasteiger partial charge in [0.05, 0.1) is 0 Å². The molecule has 37 heavy (non-hydrogen) atoms. The summed E-state index contributed by atoms with van der Waals surface area (Å²) in [5.41, 5.74) is 2.81. The fraction of sp³-hybridized carbons (Fsp3) is 0.355. The predicted molar refractivity (Wildman–Crippen MR) is 148 cm³/mol. The number of carbonyl (C=O) groups is 2. The van der Waals surface area contributed by atoms with Gasteiger partial charge in [-0.25, -0.2) is 0 Å². The molecule has 1 atom stereocenters. The van der Waals surface area contributed by atoms with Crippen LogP contribution in [0.15, 0.2) is 78.9 Å². The highest BCUT2D eigenvalue weighted by Crippen LogP contribution is 2.21. The lowest BCUT2D eigenvalue weighted by Crippen LogP contribution is -2.53. The average Bonchev–Trinajstić information content (AvgIpc) is 2.91. The second kappa shape index (κ2) is 13.3. The van der Waals surface area contributed by atoms with Crippen molar-refractivity contribution in [2.24, 2.45) is 0 Å². The maximum atomic E-state index is 13.8. The number of ether oxygens (including phenoxy) is 1. The minimum atomic E-state index is -0.684. The smallest absolute Gasteiger partial charge is 0.261 e. The molecule has 1 saturated carbocycles. The number of hydrogen-bond acceptors (Lipinski definition) is 3. The van der Waals surface area contributed by atoms with E-state index in [9.17, 15) is 9.59 Å². The maximum Gasteiger partial charge on any atom is 0.261 e. The quantitative estimate of drug-likeness (QED) is 0.352. The molecule has 3 aromatic carbocycles. The molecule has 1 aliphatic rings. The number of nitrogens with zero attached hydrogens (tertiary/aromatic N) is 1. The predicted octanol–water partition coefficient (Wildman–Crippen LogP) is 6.12. The highest BCUT2D eigenvalue weighted by Gasteiger charge is 2.32. The number of rotatable bonds is 10. The molecule has 0 saturated heterocycles. The van der Waals surface area contributed by atoms with Crippen LogP contribution < -0.4 is 10.1 Å². The molecule has 194 valence electrons. The van der Waals surface area contributed by atoms with Gasteiger partial charge in [-0.1, -0.05) is 91.5 Å². The highest BCUT2D eigenvalue weighted by molar-refractivity contribution is 6.30. The van der Waals surface area contributed by atoms with Gasteiger partial charge in [0.25, 0.3) is 5.91 Å². The molecule has 0 aromatic heterocycles. The second-order valence-corrected chi connectivity index (χ2v) is 10.2. The molecule has 1 fully saturated rings. The Balaban J connectivity index is 1.62. The van der Waals surface area contributed by atoms with Crippen LogP contribution in [0.1, 0.15) is 48.8 Å². The van der Waals surface area contributed by atoms with E-state index >= 15 is 0 Å². The van der Waals surface area contributed by atoms with E-state index in [1.807, 2.05) is 79.7 Å². The van der Waals surface area contributed by atoms with Gasteiger partial charge in [-0.05, 0) is 54.7 Å². The normalized spacial score (nSPS) is 14.5. The molecule has 0 bridgehead atoms. The lowest BCUT2D eigenvalue weighted by Gasteiger charge is -2.33. The fourth-order valence-electron chi connectivity index (χ4n) is 4.87. The van der Waals surface area contributed by atoms with E-state index in [1.54, 1.807) is 11.0 Å². The van der Waals surface area contributed by atoms with Crippen LogP contribution in [0.5, 0.6) is 5.75 Å². The Bertz CT molecular complexity index is 1180. The first-order valence-electron chi connectivity index (χ1n) is 13.1. The molecule has 3 aromatic rings. The first kappa shape index (κ1) is 26.7. The minimum Gasteiger partial charge on any atom is -0.484 e. The number of amides is 2. The van der Waals surface area contributed by atoms with Crippen molar-refractivity contribution in [3.8, 4) is 5.75 Å². The van der Waals surface area contributed by atoms with Gasteiger partial charge >= 0.3 is 0 Å². The Morgan fingerprint density at radius 2 is 1.65 bits per heavy atom. The van der Waals surface area contributed by atoms with Crippen LogP contribution in [0.2, 0.25) is 5.02 Å². The van der Waals surface area contributed by atoms with Crippen molar-refractivity contribution in [1.29, 1.82) is 0 Å². The molecule has 4 rings (SSSR count). The van der Waals surface area contributed by atoms with Crippen LogP contribution in [0, 0.1) is 6.92 Å². The molecule has 6 heteroatoms. The molecule has 0 spiro atoms. The molecule has 0 aliphatic heterocycles. The van der Waals surface area contributed by atoms with Crippen molar-refractivity contribution < 1.29 is 14.3 Å². The summed E-state index contributed by atoms with van der Waals surface area (Å²) in [7, 11) is 0. The third kappa shape index (κ3) is 7.83. The van der Waals surface area contributed by atoms with Crippen molar-refractivity contribution in [1.82, 2.24) is 10.2 Å². The van der Waals surface area contributed by atoms with Gasteiger partial charge in [-0.15, -0.1) is 0 Å². The van der Waals surface area contributed by atoms with Crippen LogP contribution >= 0.6 is 11.6 Å². The van der Waals surface area contributed by atoms with Crippen LogP contribution in [0.3, 0.4) is 0 Å². The van der Waals surface area contributed by atoms with Gasteiger partial charge in [0, 0.05) is 24.0 Å². The van der Waals surface area contributed by atoms with Crippen molar-refractivity contribution in [3.63, 3.8) is 0 Å². The summed E-state index contributed by atoms with van der Waals surface area (Å²) in [6.45, 7) is 2.04. The summed E-state index contributed by atoms with van der Waals surface area (Å²) in [4.78, 5) is 29.2. The van der Waals surface area contributed by atoms with E-state index in [1.165, 1.54) is 6.42 Å². The first-order chi connectivity index (χ1) is 18.0. The zero-order valence-electron chi connectivity index (χ0n) is 21.4. The van der Waals surface area contributed by atoms with Crippen molar-refractivity contribution in [2.75, 3.05) is 6.61 Å². The Labute approximate surface area is 224 Å². The zero-order chi connectivity index (χ0) is 26.0. The molecule has 1 aliphatic carbocycles. The number of aryl methyl sites for hydroxylation is 1. The molecule has 5 nitrogen and oxygen atoms in total. The second-order valence-electron chi connectivity index (χ2n) is 9.75. The van der Waals surface area contributed by atoms with Gasteiger partial charge in [0.15, 0.2) is 6.61 Å². The standard InChI is InChI=1S/C31H35ClN2O3/c1-23-11-8-9-18-29(23)37-22-30(35)34(21-25-14-10-15-26(32)19-25)28(20-24-12-4-2-5-13-24)31(36)33-27-16-6-3-7-17-27/h2,4-5,8-15,18-19,27-28H,3,6-7,16-17,20-22H2,1H3,(H,33,36)/t28-/m1/s1. The average molecular weight is 519 g/mol. The molecular weight excluding hydrogens is 484 g/mol. The van der Waals surface area contributed by atoms with Gasteiger partial charge in [-0.2, -0.15) is 0 Å². The highest BCUT2D eigenvalue weighted by atomic mass is 35.5. The minimum absolute atomic E-state index is 0.123. The number of benzene rings is 3. The zero-order valence-corrected chi connectivity index (χ0v) is 22.1. The summed E-state index contributed by atoms with van der Waals surface area (Å²) in [5, 5.41) is 3.85. The van der Waals surface area contributed by atoms with Crippen LogP contribution in [0.4, 0.5) is 0 Å². The number of hydrogen-bond donors (Lipinski definition) is 1. The van der Waals surface area contributed by atoms with E-state index in [0.29, 0.717) is 17.2 Å². The molecule has 1 N–H and O–H groups in total. The summed E-state index contributed by atoms with van der Waals surface area (Å²) >= 11 is 6.26. The summed E-state index contributed by atoms with van der Waals surface area (Å²) in [5.74, 6) is 0.287. The van der Waals surface area contributed by atoms with E-state index in [0.717, 1.165) is 42.4 Å². The molecular formula is C31H35ClN2O3. The van der Waals surface area contributed by atoms with E-state index in [-0.39, 0.29) is 31.0 Å². The largest absolute Gasteiger partial charge is 0.484 e. The van der Waals surface area contributed by atoms with Gasteiger partial charge < -0.3 is 15.0 Å². The molecule has 2 amide bonds. The number of halogens is 1. The van der Waals surface area contributed by atoms with Crippen molar-refractivity contribution in [3.05, 3.63) is 101 Å². The monoisotopic (exact) mass is 518 g/mol. The van der Waals surface area contributed by atoms with Crippen molar-refractivity contribution >= 4 is 23.4 Å². The Morgan fingerprint density at radius 1 is 0.946 bits per heavy atom. The Kier molecular flexibility index (Phi) is 9.61. The number of para-hydroxylation sites is 1. The van der Waals surface area contributed by atoms with Crippen LogP contribution in [-0.4, -0.2) is 35.4 Å². The van der Waals surface area contributed by atoms with Crippen molar-refractivity contribution in [2.45, 2.75) is 64.1 Å². The SMILES string of the molecule is Cc1ccccc1OCC(=O)N(Cc1cccc(Cl)c1)[C@H](Cc1ccccc1)C(=O)NC1CCCCC1. The van der Waals surface area contributed by atoms with Gasteiger partial charge in [0.1, 0.15) is 11.8 Å². The van der Waals surface area contributed by atoms with Gasteiger partial charge in [0.2, 0.25) is 5.91 Å². The first-order valence-corrected chi connectivity index (χ1v) is 13.4.